The molecule has 4 aliphatic rings. The molecule has 0 amide bonds. The van der Waals surface area contributed by atoms with E-state index in [1.54, 1.807) is 0 Å². The van der Waals surface area contributed by atoms with Crippen LogP contribution in [0.2, 0.25) is 0 Å². The van der Waals surface area contributed by atoms with Crippen LogP contribution in [0.1, 0.15) is 290 Å². The van der Waals surface area contributed by atoms with Gasteiger partial charge in [-0.2, -0.15) is 0 Å². The number of Topliss-reactive ketones (excluding diaryl/α,β-unsaturated/α-hetero) is 2. The molecule has 376 valence electrons. The molecule has 0 saturated carbocycles. The van der Waals surface area contributed by atoms with Crippen LogP contribution in [0.5, 0.6) is 0 Å². The van der Waals surface area contributed by atoms with Crippen molar-refractivity contribution in [1.29, 1.82) is 0 Å². The molecule has 0 aromatic rings. The first-order valence-corrected chi connectivity index (χ1v) is 31.2. The highest BCUT2D eigenvalue weighted by Crippen LogP contribution is 2.72. The molecule has 0 radical (unpaired) electrons. The Kier molecular flexibility index (Phi) is 24.2. The third-order valence-electron chi connectivity index (χ3n) is 14.8. The van der Waals surface area contributed by atoms with E-state index in [-0.39, 0.29) is 49.4 Å². The summed E-state index contributed by atoms with van der Waals surface area (Å²) in [6, 6.07) is 0. The van der Waals surface area contributed by atoms with E-state index in [9.17, 15) is 9.59 Å². The van der Waals surface area contributed by atoms with E-state index in [0.29, 0.717) is 52.8 Å². The zero-order valence-electron chi connectivity index (χ0n) is 47.1. The standard InChI is InChI=1S/C15H29OP.C14H27OP.C14H29P.C13H27P.CH4/c1-13(2,3)17-14(4,5)10-8-9-12(16)11-15(17,6)7;1-12(2,3)16-13(4,5)9-8-11(15)10-14(16,6)7;1-12(2)15-13(3,4)10-8-7-9-11-14(15,5)6;1-11(2)14-12(3,4)9-7-8-10-13(14,5)6;/h8-11H2,1-7H3;8-10H2,1-7H3;12H,7-11H2,1-6H3;11H,7-10H2,1-6H3;1H4. The van der Waals surface area contributed by atoms with Gasteiger partial charge < -0.3 is 0 Å². The van der Waals surface area contributed by atoms with E-state index < -0.39 is 0 Å². The lowest BCUT2D eigenvalue weighted by Gasteiger charge is -2.53. The van der Waals surface area contributed by atoms with Crippen LogP contribution in [0.25, 0.3) is 0 Å². The summed E-state index contributed by atoms with van der Waals surface area (Å²) < 4.78 is 0. The second-order valence-electron chi connectivity index (χ2n) is 28.0. The van der Waals surface area contributed by atoms with E-state index in [2.05, 4.69) is 180 Å². The molecule has 0 aromatic heterocycles. The molecule has 2 nitrogen and oxygen atoms in total. The van der Waals surface area contributed by atoms with Gasteiger partial charge in [-0.25, -0.2) is 0 Å². The van der Waals surface area contributed by atoms with Gasteiger partial charge >= 0.3 is 0 Å². The maximum atomic E-state index is 11.9. The zero-order chi connectivity index (χ0) is 48.9. The van der Waals surface area contributed by atoms with Crippen LogP contribution in [-0.2, 0) is 9.59 Å². The Balaban J connectivity index is 0.000000811. The normalized spacial score (nSPS) is 28.3. The van der Waals surface area contributed by atoms with E-state index in [1.807, 2.05) is 0 Å². The monoisotopic (exact) mass is 957 g/mol. The number of ketones is 2. The molecule has 0 spiro atoms. The quantitative estimate of drug-likeness (QED) is 0.259. The SMILES string of the molecule is C.CC(C)(C)P1C(C)(C)CCC(=O)CC1(C)C.CC(C)(C)P1C(C)(C)CCCC(=O)CC1(C)C.CC(C)P1C(C)(C)CCCCC1(C)C.CC(C)P1C(C)(C)CCCCCC1(C)C. The summed E-state index contributed by atoms with van der Waals surface area (Å²) in [6.07, 6.45) is 19.5. The van der Waals surface area contributed by atoms with Crippen molar-refractivity contribution < 1.29 is 9.59 Å². The number of carbonyl (C=O) groups excluding carboxylic acids is 2. The number of hydrogen-bond donors (Lipinski definition) is 0. The van der Waals surface area contributed by atoms with Crippen molar-refractivity contribution in [3.05, 3.63) is 0 Å². The molecule has 0 aliphatic carbocycles. The molecule has 4 heterocycles. The van der Waals surface area contributed by atoms with Crippen molar-refractivity contribution in [2.45, 2.75) is 353 Å². The third-order valence-corrected chi connectivity index (χ3v) is 31.3. The number of carbonyl (C=O) groups is 2. The minimum absolute atomic E-state index is 0. The first-order valence-electron chi connectivity index (χ1n) is 25.7. The Morgan fingerprint density at radius 1 is 0.365 bits per heavy atom. The van der Waals surface area contributed by atoms with Gasteiger partial charge in [-0.1, -0.05) is 251 Å². The van der Waals surface area contributed by atoms with Crippen LogP contribution in [0, 0.1) is 0 Å². The highest BCUT2D eigenvalue weighted by atomic mass is 31.1. The van der Waals surface area contributed by atoms with Crippen molar-refractivity contribution in [1.82, 2.24) is 0 Å². The van der Waals surface area contributed by atoms with Gasteiger partial charge in [-0.15, -0.1) is 0 Å². The van der Waals surface area contributed by atoms with E-state index in [4.69, 9.17) is 0 Å². The fourth-order valence-electron chi connectivity index (χ4n) is 15.3. The second kappa shape index (κ2) is 23.8. The number of hydrogen-bond acceptors (Lipinski definition) is 2. The number of rotatable bonds is 2. The van der Waals surface area contributed by atoms with Gasteiger partial charge in [-0.3, -0.25) is 9.59 Å². The molecule has 63 heavy (non-hydrogen) atoms. The maximum Gasteiger partial charge on any atom is 0.133 e. The lowest BCUT2D eigenvalue weighted by molar-refractivity contribution is -0.120. The molecule has 0 aromatic carbocycles. The molecule has 2 unspecified atom stereocenters. The van der Waals surface area contributed by atoms with Crippen LogP contribution >= 0.6 is 31.7 Å². The lowest BCUT2D eigenvalue weighted by Crippen LogP contribution is -2.41. The topological polar surface area (TPSA) is 34.1 Å². The van der Waals surface area contributed by atoms with Crippen LogP contribution < -0.4 is 0 Å². The average molecular weight is 957 g/mol. The third kappa shape index (κ3) is 19.1. The van der Waals surface area contributed by atoms with Crippen LogP contribution in [-0.4, -0.2) is 74.4 Å². The van der Waals surface area contributed by atoms with Gasteiger partial charge in [0.15, 0.2) is 0 Å². The Hall–Kier alpha value is 1.06. The van der Waals surface area contributed by atoms with Gasteiger partial charge in [0.1, 0.15) is 11.6 Å². The molecule has 4 rings (SSSR count). The van der Waals surface area contributed by atoms with E-state index in [1.165, 1.54) is 64.2 Å². The van der Waals surface area contributed by atoms with Crippen LogP contribution in [0.15, 0.2) is 0 Å². The summed E-state index contributed by atoms with van der Waals surface area (Å²) in [6.45, 7) is 62.7. The summed E-state index contributed by atoms with van der Waals surface area (Å²) in [5.41, 5.74) is 1.76. The van der Waals surface area contributed by atoms with Crippen molar-refractivity contribution in [3.8, 4) is 0 Å². The summed E-state index contributed by atoms with van der Waals surface area (Å²) >= 11 is 0. The first-order chi connectivity index (χ1) is 27.5. The Labute approximate surface area is 403 Å². The molecule has 4 aliphatic heterocycles. The summed E-state index contributed by atoms with van der Waals surface area (Å²) in [4.78, 5) is 23.8. The highest BCUT2D eigenvalue weighted by molar-refractivity contribution is 7.63. The predicted octanol–water partition coefficient (Wildman–Crippen LogP) is 20.6. The molecule has 4 fully saturated rings. The Bertz CT molecular complexity index is 1360. The molecular weight excluding hydrogens is 841 g/mol. The van der Waals surface area contributed by atoms with Crippen molar-refractivity contribution >= 4 is 43.3 Å². The summed E-state index contributed by atoms with van der Waals surface area (Å²) in [7, 11) is -0.0686. The molecule has 0 N–H and O–H groups in total. The maximum absolute atomic E-state index is 11.9. The highest BCUT2D eigenvalue weighted by Gasteiger charge is 2.50. The van der Waals surface area contributed by atoms with Gasteiger partial charge in [-0.05, 0) is 108 Å². The fourth-order valence-corrected chi connectivity index (χ4v) is 37.7. The van der Waals surface area contributed by atoms with E-state index in [0.717, 1.165) is 49.8 Å². The summed E-state index contributed by atoms with van der Waals surface area (Å²) in [5.74, 6) is 0.939. The Morgan fingerprint density at radius 3 is 0.905 bits per heavy atom. The van der Waals surface area contributed by atoms with Gasteiger partial charge in [0.2, 0.25) is 0 Å². The minimum atomic E-state index is -0.190. The predicted molar refractivity (Wildman–Crippen MR) is 301 cm³/mol. The summed E-state index contributed by atoms with van der Waals surface area (Å²) in [5, 5.41) is 4.10. The largest absolute Gasteiger partial charge is 0.300 e. The molecule has 0 bridgehead atoms. The fraction of sp³-hybridized carbons (Fsp3) is 0.965. The van der Waals surface area contributed by atoms with Gasteiger partial charge in [0, 0.05) is 25.7 Å². The first kappa shape index (κ1) is 64.1. The second-order valence-corrected chi connectivity index (χ2v) is 45.2. The zero-order valence-corrected chi connectivity index (χ0v) is 50.7. The minimum Gasteiger partial charge on any atom is -0.300 e. The van der Waals surface area contributed by atoms with Crippen LogP contribution in [0.4, 0.5) is 0 Å². The van der Waals surface area contributed by atoms with Crippen LogP contribution in [0.3, 0.4) is 0 Å². The van der Waals surface area contributed by atoms with Crippen molar-refractivity contribution in [2.75, 3.05) is 0 Å². The molecular formula is C57H116O2P4. The average Bonchev–Trinajstić information content (AvgIpc) is 3.15. The Morgan fingerprint density at radius 2 is 0.619 bits per heavy atom. The molecule has 2 atom stereocenters. The smallest absolute Gasteiger partial charge is 0.133 e. The lowest BCUT2D eigenvalue weighted by atomic mass is 9.97. The van der Waals surface area contributed by atoms with Crippen molar-refractivity contribution in [2.24, 2.45) is 0 Å². The van der Waals surface area contributed by atoms with Crippen molar-refractivity contribution in [3.63, 3.8) is 0 Å². The van der Waals surface area contributed by atoms with E-state index >= 15 is 0 Å². The molecule has 6 heteroatoms. The molecule has 4 saturated heterocycles. The van der Waals surface area contributed by atoms with Gasteiger partial charge in [0.25, 0.3) is 0 Å². The van der Waals surface area contributed by atoms with Gasteiger partial charge in [0.05, 0.1) is 0 Å².